The number of aryl methyl sites for hydroxylation is 2. The summed E-state index contributed by atoms with van der Waals surface area (Å²) in [5.74, 6) is -0.160. The minimum absolute atomic E-state index is 0.0396. The highest BCUT2D eigenvalue weighted by molar-refractivity contribution is 6.00. The van der Waals surface area contributed by atoms with Crippen molar-refractivity contribution in [2.45, 2.75) is 20.8 Å². The van der Waals surface area contributed by atoms with Crippen molar-refractivity contribution in [3.05, 3.63) is 65.6 Å². The van der Waals surface area contributed by atoms with Crippen molar-refractivity contribution < 1.29 is 23.1 Å². The quantitative estimate of drug-likeness (QED) is 0.275. The maximum Gasteiger partial charge on any atom is 0.278 e. The molecule has 196 valence electrons. The van der Waals surface area contributed by atoms with Gasteiger partial charge < -0.3 is 15.4 Å². The number of ether oxygens (including phenoxy) is 1. The van der Waals surface area contributed by atoms with Crippen LogP contribution < -0.4 is 20.9 Å². The molecule has 0 aliphatic rings. The molecule has 0 aliphatic heterocycles. The lowest BCUT2D eigenvalue weighted by molar-refractivity contribution is 0.0365. The number of hydroxylamine groups is 1. The molecule has 0 fully saturated rings. The summed E-state index contributed by atoms with van der Waals surface area (Å²) in [4.78, 5) is 42.5. The number of amides is 1. The molecule has 4 aromatic rings. The van der Waals surface area contributed by atoms with Crippen LogP contribution in [0, 0.1) is 25.5 Å². The average Bonchev–Trinajstić information content (AvgIpc) is 2.87. The monoisotopic (exact) mass is 523 g/mol. The predicted molar refractivity (Wildman–Crippen MR) is 133 cm³/mol. The molecular weight excluding hydrogens is 500 g/mol. The lowest BCUT2D eigenvalue weighted by Crippen LogP contribution is -2.24. The van der Waals surface area contributed by atoms with Gasteiger partial charge in [-0.3, -0.25) is 9.63 Å². The molecule has 1 amide bonds. The molecular formula is C24H23F2N9O3. The largest absolute Gasteiger partial charge is 0.494 e. The Morgan fingerprint density at radius 2 is 1.61 bits per heavy atom. The van der Waals surface area contributed by atoms with Gasteiger partial charge in [0.05, 0.1) is 48.6 Å². The van der Waals surface area contributed by atoms with E-state index in [1.165, 1.54) is 25.4 Å². The average molecular weight is 524 g/mol. The zero-order chi connectivity index (χ0) is 27.2. The predicted octanol–water partition coefficient (Wildman–Crippen LogP) is 3.80. The molecule has 0 saturated heterocycles. The van der Waals surface area contributed by atoms with Gasteiger partial charge in [0.1, 0.15) is 23.3 Å². The first kappa shape index (κ1) is 26.2. The molecule has 38 heavy (non-hydrogen) atoms. The fourth-order valence-electron chi connectivity index (χ4n) is 3.46. The van der Waals surface area contributed by atoms with E-state index < -0.39 is 17.5 Å². The number of hydrogen-bond acceptors (Lipinski definition) is 11. The SMILES string of the molecule is CCONC(=O)c1cnc(Nc2nc(C)nc(C)n2)cc1Nc1cc(F)cc(-c2ncc(F)cn2)c1OC. The maximum atomic E-state index is 14.7. The van der Waals surface area contributed by atoms with Gasteiger partial charge in [-0.25, -0.2) is 34.2 Å². The van der Waals surface area contributed by atoms with Gasteiger partial charge in [0.2, 0.25) is 5.95 Å². The van der Waals surface area contributed by atoms with Gasteiger partial charge in [-0.2, -0.15) is 9.97 Å². The molecule has 0 spiro atoms. The standard InChI is InChI=1S/C24H23F2N9O3/c1-5-38-35-23(36)17-11-27-20(34-24-31-12(2)30-13(3)32-24)8-18(17)33-19-7-14(25)6-16(21(19)37-4)22-28-9-15(26)10-29-22/h6-11H,5H2,1-4H3,(H,35,36)(H2,27,30,31,32,33,34). The number of carbonyl (C=O) groups is 1. The highest BCUT2D eigenvalue weighted by Gasteiger charge is 2.20. The zero-order valence-electron chi connectivity index (χ0n) is 20.8. The Labute approximate surface area is 215 Å². The van der Waals surface area contributed by atoms with Crippen LogP contribution in [0.1, 0.15) is 28.9 Å². The van der Waals surface area contributed by atoms with E-state index in [1.54, 1.807) is 20.8 Å². The Kier molecular flexibility index (Phi) is 7.91. The lowest BCUT2D eigenvalue weighted by Gasteiger charge is -2.17. The van der Waals surface area contributed by atoms with Gasteiger partial charge in [0.25, 0.3) is 5.91 Å². The normalized spacial score (nSPS) is 10.7. The Balaban J connectivity index is 1.77. The topological polar surface area (TPSA) is 149 Å². The highest BCUT2D eigenvalue weighted by atomic mass is 19.1. The molecule has 4 rings (SSSR count). The zero-order valence-corrected chi connectivity index (χ0v) is 20.8. The Hall–Kier alpha value is -4.85. The van der Waals surface area contributed by atoms with Gasteiger partial charge in [-0.05, 0) is 26.8 Å². The summed E-state index contributed by atoms with van der Waals surface area (Å²) in [6.07, 6.45) is 3.22. The number of carbonyl (C=O) groups excluding carboxylic acids is 1. The Morgan fingerprint density at radius 3 is 2.26 bits per heavy atom. The van der Waals surface area contributed by atoms with Crippen LogP contribution in [-0.4, -0.2) is 49.5 Å². The van der Waals surface area contributed by atoms with Crippen molar-refractivity contribution >= 4 is 29.0 Å². The van der Waals surface area contributed by atoms with Gasteiger partial charge in [-0.1, -0.05) is 0 Å². The molecule has 0 radical (unpaired) electrons. The molecule has 12 nitrogen and oxygen atoms in total. The molecule has 0 aliphatic carbocycles. The first-order chi connectivity index (χ1) is 18.3. The fourth-order valence-corrected chi connectivity index (χ4v) is 3.46. The molecule has 1 aromatic carbocycles. The van der Waals surface area contributed by atoms with Gasteiger partial charge in [0.15, 0.2) is 17.4 Å². The first-order valence-electron chi connectivity index (χ1n) is 11.3. The van der Waals surface area contributed by atoms with Crippen LogP contribution in [0.2, 0.25) is 0 Å². The second-order valence-electron chi connectivity index (χ2n) is 7.74. The molecule has 0 atom stereocenters. The molecule has 0 saturated carbocycles. The van der Waals surface area contributed by atoms with Crippen molar-refractivity contribution in [2.24, 2.45) is 0 Å². The molecule has 3 N–H and O–H groups in total. The highest BCUT2D eigenvalue weighted by Crippen LogP contribution is 2.38. The molecule has 14 heteroatoms. The first-order valence-corrected chi connectivity index (χ1v) is 11.3. The number of hydrogen-bond donors (Lipinski definition) is 3. The van der Waals surface area contributed by atoms with Crippen molar-refractivity contribution in [1.82, 2.24) is 35.4 Å². The van der Waals surface area contributed by atoms with E-state index in [1.807, 2.05) is 0 Å². The van der Waals surface area contributed by atoms with Gasteiger partial charge in [-0.15, -0.1) is 0 Å². The number of halogens is 2. The summed E-state index contributed by atoms with van der Waals surface area (Å²) in [7, 11) is 1.37. The van der Waals surface area contributed by atoms with E-state index in [2.05, 4.69) is 46.0 Å². The van der Waals surface area contributed by atoms with Crippen LogP contribution in [0.25, 0.3) is 11.4 Å². The van der Waals surface area contributed by atoms with Gasteiger partial charge >= 0.3 is 0 Å². The lowest BCUT2D eigenvalue weighted by atomic mass is 10.1. The number of nitrogens with one attached hydrogen (secondary N) is 3. The third kappa shape index (κ3) is 6.10. The molecule has 3 aromatic heterocycles. The number of pyridine rings is 1. The smallest absolute Gasteiger partial charge is 0.278 e. The van der Waals surface area contributed by atoms with E-state index in [0.717, 1.165) is 18.5 Å². The van der Waals surface area contributed by atoms with Crippen molar-refractivity contribution in [3.63, 3.8) is 0 Å². The maximum absolute atomic E-state index is 14.7. The van der Waals surface area contributed by atoms with Crippen molar-refractivity contribution in [2.75, 3.05) is 24.4 Å². The third-order valence-electron chi connectivity index (χ3n) is 4.95. The summed E-state index contributed by atoms with van der Waals surface area (Å²) in [5.41, 5.74) is 2.92. The van der Waals surface area contributed by atoms with E-state index in [0.29, 0.717) is 11.6 Å². The van der Waals surface area contributed by atoms with E-state index in [-0.39, 0.29) is 52.4 Å². The van der Waals surface area contributed by atoms with Crippen LogP contribution in [0.5, 0.6) is 5.75 Å². The summed E-state index contributed by atoms with van der Waals surface area (Å²) >= 11 is 0. The summed E-state index contributed by atoms with van der Waals surface area (Å²) in [6, 6.07) is 3.83. The summed E-state index contributed by atoms with van der Waals surface area (Å²) in [5, 5.41) is 5.98. The second kappa shape index (κ2) is 11.5. The number of nitrogens with zero attached hydrogens (tertiary/aromatic N) is 6. The minimum Gasteiger partial charge on any atom is -0.494 e. The molecule has 3 heterocycles. The second-order valence-corrected chi connectivity index (χ2v) is 7.74. The number of methoxy groups -OCH3 is 1. The van der Waals surface area contributed by atoms with E-state index in [4.69, 9.17) is 9.57 Å². The van der Waals surface area contributed by atoms with Crippen LogP contribution in [0.3, 0.4) is 0 Å². The Bertz CT molecular complexity index is 1450. The van der Waals surface area contributed by atoms with E-state index in [9.17, 15) is 13.6 Å². The number of aromatic nitrogens is 6. The number of anilines is 4. The third-order valence-corrected chi connectivity index (χ3v) is 4.95. The summed E-state index contributed by atoms with van der Waals surface area (Å²) in [6.45, 7) is 5.39. The minimum atomic E-state index is -0.653. The molecule has 0 bridgehead atoms. The fraction of sp³-hybridized carbons (Fsp3) is 0.208. The van der Waals surface area contributed by atoms with Crippen molar-refractivity contribution in [1.29, 1.82) is 0 Å². The van der Waals surface area contributed by atoms with Crippen LogP contribution in [-0.2, 0) is 4.84 Å². The van der Waals surface area contributed by atoms with Crippen LogP contribution >= 0.6 is 0 Å². The van der Waals surface area contributed by atoms with Gasteiger partial charge in [0, 0.05) is 18.3 Å². The van der Waals surface area contributed by atoms with Crippen LogP contribution in [0.4, 0.5) is 31.9 Å². The molecule has 0 unspecified atom stereocenters. The number of benzene rings is 1. The number of rotatable bonds is 9. The Morgan fingerprint density at radius 1 is 0.895 bits per heavy atom. The van der Waals surface area contributed by atoms with E-state index >= 15 is 0 Å². The van der Waals surface area contributed by atoms with Crippen LogP contribution in [0.15, 0.2) is 36.8 Å². The summed E-state index contributed by atoms with van der Waals surface area (Å²) < 4.78 is 33.6. The van der Waals surface area contributed by atoms with Crippen molar-refractivity contribution in [3.8, 4) is 17.1 Å².